The average Bonchev–Trinajstić information content (AvgIpc) is 2.92. The molecule has 0 radical (unpaired) electrons. The average molecular weight is 389 g/mol. The fourth-order valence-electron chi connectivity index (χ4n) is 2.77. The van der Waals surface area contributed by atoms with Gasteiger partial charge in [0.25, 0.3) is 0 Å². The van der Waals surface area contributed by atoms with Crippen LogP contribution in [0.2, 0.25) is 0 Å². The highest BCUT2D eigenvalue weighted by Crippen LogP contribution is 2.30. The molecular formula is C21H24FNO3S. The highest BCUT2D eigenvalue weighted by atomic mass is 32.2. The van der Waals surface area contributed by atoms with Crippen molar-refractivity contribution in [1.29, 1.82) is 0 Å². The number of hydrogen-bond donors (Lipinski definition) is 1. The first-order valence-electron chi connectivity index (χ1n) is 9.19. The van der Waals surface area contributed by atoms with Gasteiger partial charge in [0.2, 0.25) is 5.91 Å². The molecule has 3 rings (SSSR count). The van der Waals surface area contributed by atoms with Crippen LogP contribution in [-0.4, -0.2) is 31.4 Å². The number of benzene rings is 2. The van der Waals surface area contributed by atoms with Gasteiger partial charge >= 0.3 is 0 Å². The number of rotatable bonds is 8. The van der Waals surface area contributed by atoms with Crippen molar-refractivity contribution in [2.24, 2.45) is 0 Å². The second-order valence-corrected chi connectivity index (χ2v) is 7.43. The quantitative estimate of drug-likeness (QED) is 0.694. The Hall–Kier alpha value is -2.21. The van der Waals surface area contributed by atoms with Gasteiger partial charge in [0.15, 0.2) is 11.5 Å². The molecule has 1 N–H and O–H groups in total. The fraction of sp³-hybridized carbons (Fsp3) is 0.381. The number of aryl methyl sites for hydroxylation is 1. The summed E-state index contributed by atoms with van der Waals surface area (Å²) < 4.78 is 24.8. The number of fused-ring (bicyclic) bond motifs is 1. The van der Waals surface area contributed by atoms with E-state index >= 15 is 0 Å². The molecule has 0 saturated carbocycles. The van der Waals surface area contributed by atoms with Crippen molar-refractivity contribution < 1.29 is 18.7 Å². The molecule has 2 aromatic rings. The molecule has 4 nitrogen and oxygen atoms in total. The largest absolute Gasteiger partial charge is 0.490 e. The Morgan fingerprint density at radius 2 is 1.93 bits per heavy atom. The second-order valence-electron chi connectivity index (χ2n) is 6.33. The third-order valence-corrected chi connectivity index (χ3v) is 5.24. The molecule has 0 saturated heterocycles. The summed E-state index contributed by atoms with van der Waals surface area (Å²) in [5.41, 5.74) is 1.76. The molecule has 27 heavy (non-hydrogen) atoms. The molecule has 0 atom stereocenters. The lowest BCUT2D eigenvalue weighted by Gasteiger charge is -2.09. The molecule has 0 fully saturated rings. The molecule has 0 aromatic heterocycles. The maximum absolute atomic E-state index is 13.5. The van der Waals surface area contributed by atoms with E-state index in [1.165, 1.54) is 6.07 Å². The van der Waals surface area contributed by atoms with Crippen molar-refractivity contribution in [2.75, 3.05) is 25.5 Å². The molecule has 144 valence electrons. The highest BCUT2D eigenvalue weighted by Gasteiger charge is 2.11. The lowest BCUT2D eigenvalue weighted by molar-refractivity contribution is -0.120. The van der Waals surface area contributed by atoms with E-state index in [1.807, 2.05) is 24.3 Å². The smallest absolute Gasteiger partial charge is 0.220 e. The molecule has 2 aromatic carbocycles. The van der Waals surface area contributed by atoms with Gasteiger partial charge in [-0.2, -0.15) is 11.8 Å². The van der Waals surface area contributed by atoms with Crippen LogP contribution in [0.1, 0.15) is 24.0 Å². The van der Waals surface area contributed by atoms with Gasteiger partial charge in [-0.3, -0.25) is 4.79 Å². The minimum Gasteiger partial charge on any atom is -0.490 e. The van der Waals surface area contributed by atoms with E-state index in [2.05, 4.69) is 5.32 Å². The standard InChI is InChI=1S/C21H24FNO3S/c22-18-5-2-1-4-17(18)15-27-13-10-23-21(24)9-7-16-6-8-19-20(14-16)26-12-3-11-25-19/h1-2,4-6,8,14H,3,7,9-13,15H2,(H,23,24). The zero-order valence-corrected chi connectivity index (χ0v) is 16.0. The number of ether oxygens (including phenoxy) is 2. The summed E-state index contributed by atoms with van der Waals surface area (Å²) in [6, 6.07) is 12.6. The third-order valence-electron chi connectivity index (χ3n) is 4.24. The molecule has 1 amide bonds. The zero-order chi connectivity index (χ0) is 18.9. The van der Waals surface area contributed by atoms with Crippen molar-refractivity contribution in [3.63, 3.8) is 0 Å². The number of nitrogens with one attached hydrogen (secondary N) is 1. The third kappa shape index (κ3) is 6.17. The maximum Gasteiger partial charge on any atom is 0.220 e. The van der Waals surface area contributed by atoms with Crippen LogP contribution in [-0.2, 0) is 17.0 Å². The van der Waals surface area contributed by atoms with Crippen molar-refractivity contribution in [1.82, 2.24) is 5.32 Å². The Kier molecular flexibility index (Phi) is 7.39. The predicted molar refractivity (Wildman–Crippen MR) is 106 cm³/mol. The van der Waals surface area contributed by atoms with E-state index in [1.54, 1.807) is 23.9 Å². The molecule has 0 spiro atoms. The van der Waals surface area contributed by atoms with Gasteiger partial charge in [0, 0.05) is 30.9 Å². The fourth-order valence-corrected chi connectivity index (χ4v) is 3.61. The summed E-state index contributed by atoms with van der Waals surface area (Å²) in [4.78, 5) is 12.0. The number of carbonyl (C=O) groups is 1. The summed E-state index contributed by atoms with van der Waals surface area (Å²) in [6.07, 6.45) is 1.96. The first-order chi connectivity index (χ1) is 13.2. The van der Waals surface area contributed by atoms with Crippen LogP contribution in [0.15, 0.2) is 42.5 Å². The van der Waals surface area contributed by atoms with Gasteiger partial charge in [-0.05, 0) is 35.7 Å². The van der Waals surface area contributed by atoms with Crippen LogP contribution in [0.5, 0.6) is 11.5 Å². The zero-order valence-electron chi connectivity index (χ0n) is 15.2. The normalized spacial score (nSPS) is 13.1. The lowest BCUT2D eigenvalue weighted by Crippen LogP contribution is -2.25. The molecule has 0 aliphatic carbocycles. The van der Waals surface area contributed by atoms with Crippen LogP contribution in [0.3, 0.4) is 0 Å². The summed E-state index contributed by atoms with van der Waals surface area (Å²) in [5.74, 6) is 2.74. The predicted octanol–water partition coefficient (Wildman–Crippen LogP) is 3.97. The number of amides is 1. The summed E-state index contributed by atoms with van der Waals surface area (Å²) in [6.45, 7) is 1.91. The van der Waals surface area contributed by atoms with Gasteiger partial charge in [-0.1, -0.05) is 24.3 Å². The van der Waals surface area contributed by atoms with Crippen LogP contribution in [0, 0.1) is 5.82 Å². The van der Waals surface area contributed by atoms with E-state index in [9.17, 15) is 9.18 Å². The Labute approximate surface area is 163 Å². The monoisotopic (exact) mass is 389 g/mol. The maximum atomic E-state index is 13.5. The number of halogens is 1. The topological polar surface area (TPSA) is 47.6 Å². The Balaban J connectivity index is 1.34. The first-order valence-corrected chi connectivity index (χ1v) is 10.3. The second kappa shape index (κ2) is 10.2. The van der Waals surface area contributed by atoms with E-state index in [-0.39, 0.29) is 11.7 Å². The van der Waals surface area contributed by atoms with Crippen LogP contribution in [0.4, 0.5) is 4.39 Å². The van der Waals surface area contributed by atoms with Crippen molar-refractivity contribution >= 4 is 17.7 Å². The van der Waals surface area contributed by atoms with E-state index in [0.29, 0.717) is 43.9 Å². The van der Waals surface area contributed by atoms with Gasteiger partial charge in [-0.25, -0.2) is 4.39 Å². The van der Waals surface area contributed by atoms with Crippen LogP contribution >= 0.6 is 11.8 Å². The first kappa shape index (κ1) is 19.5. The Bertz CT molecular complexity index is 769. The lowest BCUT2D eigenvalue weighted by atomic mass is 10.1. The summed E-state index contributed by atoms with van der Waals surface area (Å²) in [7, 11) is 0. The van der Waals surface area contributed by atoms with Crippen molar-refractivity contribution in [3.05, 3.63) is 59.4 Å². The molecule has 0 unspecified atom stereocenters. The number of hydrogen-bond acceptors (Lipinski definition) is 4. The van der Waals surface area contributed by atoms with Crippen LogP contribution in [0.25, 0.3) is 0 Å². The van der Waals surface area contributed by atoms with E-state index < -0.39 is 0 Å². The SMILES string of the molecule is O=C(CCc1ccc2c(c1)OCCCO2)NCCSCc1ccccc1F. The molecule has 0 bridgehead atoms. The molecule has 6 heteroatoms. The summed E-state index contributed by atoms with van der Waals surface area (Å²) >= 11 is 1.61. The molecular weight excluding hydrogens is 365 g/mol. The molecule has 1 heterocycles. The Morgan fingerprint density at radius 3 is 2.78 bits per heavy atom. The number of carbonyl (C=O) groups excluding carboxylic acids is 1. The minimum atomic E-state index is -0.177. The minimum absolute atomic E-state index is 0.0219. The van der Waals surface area contributed by atoms with Gasteiger partial charge in [0.05, 0.1) is 13.2 Å². The van der Waals surface area contributed by atoms with Crippen molar-refractivity contribution in [2.45, 2.75) is 25.0 Å². The molecule has 1 aliphatic rings. The summed E-state index contributed by atoms with van der Waals surface area (Å²) in [5, 5.41) is 2.92. The van der Waals surface area contributed by atoms with Crippen molar-refractivity contribution in [3.8, 4) is 11.5 Å². The highest BCUT2D eigenvalue weighted by molar-refractivity contribution is 7.98. The van der Waals surface area contributed by atoms with Crippen LogP contribution < -0.4 is 14.8 Å². The van der Waals surface area contributed by atoms with Gasteiger partial charge in [-0.15, -0.1) is 0 Å². The molecule has 1 aliphatic heterocycles. The van der Waals surface area contributed by atoms with Gasteiger partial charge in [0.1, 0.15) is 5.82 Å². The van der Waals surface area contributed by atoms with E-state index in [0.717, 1.165) is 29.2 Å². The van der Waals surface area contributed by atoms with E-state index in [4.69, 9.17) is 9.47 Å². The number of thioether (sulfide) groups is 1. The Morgan fingerprint density at radius 1 is 1.11 bits per heavy atom. The van der Waals surface area contributed by atoms with Gasteiger partial charge < -0.3 is 14.8 Å².